The van der Waals surface area contributed by atoms with Gasteiger partial charge in [-0.3, -0.25) is 4.79 Å². The average Bonchev–Trinajstić information content (AvgIpc) is 2.42. The summed E-state index contributed by atoms with van der Waals surface area (Å²) in [5.41, 5.74) is 0.267. The van der Waals surface area contributed by atoms with E-state index in [1.54, 1.807) is 12.4 Å². The fraction of sp³-hybridized carbons (Fsp3) is 0.214. The van der Waals surface area contributed by atoms with Gasteiger partial charge in [0.2, 0.25) is 0 Å². The van der Waals surface area contributed by atoms with Gasteiger partial charge in [-0.05, 0) is 12.0 Å². The van der Waals surface area contributed by atoms with Crippen LogP contribution in [0, 0.1) is 0 Å². The Morgan fingerprint density at radius 2 is 1.78 bits per heavy atom. The molecule has 0 bridgehead atoms. The lowest BCUT2D eigenvalue weighted by atomic mass is 9.73. The normalized spacial score (nSPS) is 13.8. The fourth-order valence-electron chi connectivity index (χ4n) is 2.22. The molecule has 0 fully saturated rings. The van der Waals surface area contributed by atoms with Crippen molar-refractivity contribution in [3.8, 4) is 0 Å². The molecule has 4 nitrogen and oxygen atoms in total. The van der Waals surface area contributed by atoms with Gasteiger partial charge in [0.25, 0.3) is 0 Å². The Morgan fingerprint density at radius 3 is 2.28 bits per heavy atom. The molecule has 1 unspecified atom stereocenters. The molecule has 2 aromatic rings. The van der Waals surface area contributed by atoms with Gasteiger partial charge in [0.1, 0.15) is 11.7 Å². The first kappa shape index (κ1) is 12.2. The van der Waals surface area contributed by atoms with E-state index in [4.69, 9.17) is 0 Å². The Bertz CT molecular complexity index is 487. The van der Waals surface area contributed by atoms with Crippen molar-refractivity contribution in [3.63, 3.8) is 0 Å². The zero-order chi connectivity index (χ0) is 13.0. The molecule has 0 amide bonds. The molecule has 1 heterocycles. The predicted molar refractivity (Wildman–Crippen MR) is 67.2 cm³/mol. The number of carboxylic acid groups (broad SMARTS) is 1. The van der Waals surface area contributed by atoms with E-state index >= 15 is 0 Å². The van der Waals surface area contributed by atoms with Crippen molar-refractivity contribution in [2.45, 2.75) is 18.8 Å². The third-order valence-electron chi connectivity index (χ3n) is 3.22. The zero-order valence-corrected chi connectivity index (χ0v) is 10.1. The summed E-state index contributed by atoms with van der Waals surface area (Å²) in [4.78, 5) is 19.7. The van der Waals surface area contributed by atoms with Gasteiger partial charge >= 0.3 is 5.97 Å². The molecule has 1 aromatic heterocycles. The van der Waals surface area contributed by atoms with Crippen molar-refractivity contribution in [3.05, 3.63) is 60.2 Å². The molecule has 0 aliphatic carbocycles. The van der Waals surface area contributed by atoms with E-state index in [-0.39, 0.29) is 0 Å². The molecule has 0 saturated heterocycles. The van der Waals surface area contributed by atoms with E-state index in [1.807, 2.05) is 37.3 Å². The van der Waals surface area contributed by atoms with Crippen molar-refractivity contribution in [1.29, 1.82) is 0 Å². The molecule has 0 saturated carbocycles. The quantitative estimate of drug-likeness (QED) is 0.893. The van der Waals surface area contributed by atoms with Crippen LogP contribution in [0.1, 0.15) is 24.5 Å². The molecule has 1 atom stereocenters. The minimum absolute atomic E-state index is 0.444. The van der Waals surface area contributed by atoms with Crippen LogP contribution in [0.3, 0.4) is 0 Å². The van der Waals surface area contributed by atoms with Crippen LogP contribution < -0.4 is 0 Å². The van der Waals surface area contributed by atoms with Crippen LogP contribution in [0.2, 0.25) is 0 Å². The lowest BCUT2D eigenvalue weighted by molar-refractivity contribution is -0.142. The second kappa shape index (κ2) is 4.96. The Hall–Kier alpha value is -2.23. The Labute approximate surface area is 105 Å². The van der Waals surface area contributed by atoms with Gasteiger partial charge in [0, 0.05) is 18.0 Å². The molecular formula is C14H14N2O2. The predicted octanol–water partition coefficient (Wildman–Crippen LogP) is 2.26. The number of benzene rings is 1. The van der Waals surface area contributed by atoms with Gasteiger partial charge in [-0.25, -0.2) is 9.97 Å². The van der Waals surface area contributed by atoms with Crippen molar-refractivity contribution < 1.29 is 9.90 Å². The summed E-state index contributed by atoms with van der Waals surface area (Å²) >= 11 is 0. The third-order valence-corrected chi connectivity index (χ3v) is 3.22. The minimum atomic E-state index is -1.08. The van der Waals surface area contributed by atoms with E-state index in [9.17, 15) is 9.90 Å². The van der Waals surface area contributed by atoms with Crippen LogP contribution in [0.25, 0.3) is 0 Å². The van der Waals surface area contributed by atoms with Gasteiger partial charge in [-0.2, -0.15) is 0 Å². The first-order valence-electron chi connectivity index (χ1n) is 5.76. The monoisotopic (exact) mass is 242 g/mol. The van der Waals surface area contributed by atoms with Gasteiger partial charge in [0.15, 0.2) is 0 Å². The van der Waals surface area contributed by atoms with Crippen LogP contribution in [0.15, 0.2) is 49.1 Å². The SMILES string of the molecule is CCC(C(=O)O)(c1ccccc1)c1cncnc1. The van der Waals surface area contributed by atoms with Crippen molar-refractivity contribution >= 4 is 5.97 Å². The Morgan fingerprint density at radius 1 is 1.17 bits per heavy atom. The van der Waals surface area contributed by atoms with Crippen LogP contribution in [0.5, 0.6) is 0 Å². The van der Waals surface area contributed by atoms with Crippen LogP contribution >= 0.6 is 0 Å². The largest absolute Gasteiger partial charge is 0.480 e. The summed E-state index contributed by atoms with van der Waals surface area (Å²) in [6.07, 6.45) is 4.98. The number of carbonyl (C=O) groups is 1. The highest BCUT2D eigenvalue weighted by Crippen LogP contribution is 2.35. The van der Waals surface area contributed by atoms with Crippen molar-refractivity contribution in [1.82, 2.24) is 9.97 Å². The highest BCUT2D eigenvalue weighted by Gasteiger charge is 2.40. The Kier molecular flexibility index (Phi) is 3.37. The molecule has 4 heteroatoms. The maximum Gasteiger partial charge on any atom is 0.318 e. The first-order chi connectivity index (χ1) is 8.71. The standard InChI is InChI=1S/C14H14N2O2/c1-2-14(13(17)18,11-6-4-3-5-7-11)12-8-15-10-16-9-12/h3-10H,2H2,1H3,(H,17,18). The van der Waals surface area contributed by atoms with E-state index in [0.29, 0.717) is 12.0 Å². The van der Waals surface area contributed by atoms with Gasteiger partial charge in [-0.1, -0.05) is 37.3 Å². The number of rotatable bonds is 4. The number of hydrogen-bond donors (Lipinski definition) is 1. The maximum absolute atomic E-state index is 11.8. The smallest absolute Gasteiger partial charge is 0.318 e. The number of aliphatic carboxylic acids is 1. The van der Waals surface area contributed by atoms with Crippen molar-refractivity contribution in [2.75, 3.05) is 0 Å². The zero-order valence-electron chi connectivity index (χ0n) is 10.1. The summed E-state index contributed by atoms with van der Waals surface area (Å²) < 4.78 is 0. The highest BCUT2D eigenvalue weighted by molar-refractivity contribution is 5.85. The molecule has 1 N–H and O–H groups in total. The number of nitrogens with zero attached hydrogens (tertiary/aromatic N) is 2. The molecular weight excluding hydrogens is 228 g/mol. The van der Waals surface area contributed by atoms with Crippen LogP contribution in [-0.4, -0.2) is 21.0 Å². The Balaban J connectivity index is 2.65. The third kappa shape index (κ3) is 1.86. The molecule has 2 rings (SSSR count). The second-order valence-electron chi connectivity index (χ2n) is 4.06. The molecule has 18 heavy (non-hydrogen) atoms. The molecule has 0 spiro atoms. The molecule has 1 aromatic carbocycles. The number of aromatic nitrogens is 2. The topological polar surface area (TPSA) is 63.1 Å². The minimum Gasteiger partial charge on any atom is -0.480 e. The maximum atomic E-state index is 11.8. The van der Waals surface area contributed by atoms with Gasteiger partial charge in [0.05, 0.1) is 0 Å². The molecule has 92 valence electrons. The summed E-state index contributed by atoms with van der Waals surface area (Å²) in [5.74, 6) is -0.883. The lowest BCUT2D eigenvalue weighted by Gasteiger charge is -2.28. The fourth-order valence-corrected chi connectivity index (χ4v) is 2.22. The van der Waals surface area contributed by atoms with Gasteiger partial charge in [-0.15, -0.1) is 0 Å². The lowest BCUT2D eigenvalue weighted by Crippen LogP contribution is -2.36. The summed E-state index contributed by atoms with van der Waals surface area (Å²) in [5, 5.41) is 9.68. The molecule has 0 aliphatic heterocycles. The first-order valence-corrected chi connectivity index (χ1v) is 5.76. The summed E-state index contributed by atoms with van der Waals surface area (Å²) in [7, 11) is 0. The van der Waals surface area contributed by atoms with Crippen LogP contribution in [0.4, 0.5) is 0 Å². The van der Waals surface area contributed by atoms with Crippen molar-refractivity contribution in [2.24, 2.45) is 0 Å². The average molecular weight is 242 g/mol. The summed E-state index contributed by atoms with van der Waals surface area (Å²) in [6, 6.07) is 9.20. The van der Waals surface area contributed by atoms with Crippen LogP contribution in [-0.2, 0) is 10.2 Å². The van der Waals surface area contributed by atoms with E-state index in [1.165, 1.54) is 6.33 Å². The van der Waals surface area contributed by atoms with E-state index in [0.717, 1.165) is 5.56 Å². The van der Waals surface area contributed by atoms with Gasteiger partial charge < -0.3 is 5.11 Å². The summed E-state index contributed by atoms with van der Waals surface area (Å²) in [6.45, 7) is 1.86. The van der Waals surface area contributed by atoms with E-state index in [2.05, 4.69) is 9.97 Å². The second-order valence-corrected chi connectivity index (χ2v) is 4.06. The number of carboxylic acids is 1. The molecule has 0 radical (unpaired) electrons. The molecule has 0 aliphatic rings. The highest BCUT2D eigenvalue weighted by atomic mass is 16.4. The number of hydrogen-bond acceptors (Lipinski definition) is 3. The van der Waals surface area contributed by atoms with E-state index < -0.39 is 11.4 Å².